The number of hydrogen-bond acceptors (Lipinski definition) is 8. The molecule has 0 spiro atoms. The van der Waals surface area contributed by atoms with E-state index in [1.807, 2.05) is 24.3 Å². The summed E-state index contributed by atoms with van der Waals surface area (Å²) in [5.41, 5.74) is 2.32. The first-order valence-corrected chi connectivity index (χ1v) is 14.3. The molecular formula is C33H37NO7. The van der Waals surface area contributed by atoms with Gasteiger partial charge in [-0.05, 0) is 80.1 Å². The van der Waals surface area contributed by atoms with Crippen molar-refractivity contribution in [3.8, 4) is 5.75 Å². The van der Waals surface area contributed by atoms with Crippen LogP contribution in [-0.2, 0) is 4.74 Å². The van der Waals surface area contributed by atoms with Gasteiger partial charge in [0.15, 0.2) is 0 Å². The van der Waals surface area contributed by atoms with E-state index in [-0.39, 0.29) is 6.04 Å². The van der Waals surface area contributed by atoms with Crippen LogP contribution in [0.2, 0.25) is 0 Å². The lowest BCUT2D eigenvalue weighted by Crippen LogP contribution is -2.53. The Morgan fingerprint density at radius 2 is 1.76 bits per heavy atom. The summed E-state index contributed by atoms with van der Waals surface area (Å²) in [6, 6.07) is 11.4. The third-order valence-electron chi connectivity index (χ3n) is 8.99. The number of methoxy groups -OCH3 is 1. The van der Waals surface area contributed by atoms with Crippen LogP contribution in [-0.4, -0.2) is 64.8 Å². The van der Waals surface area contributed by atoms with Crippen molar-refractivity contribution in [2.24, 2.45) is 0 Å². The van der Waals surface area contributed by atoms with Crippen molar-refractivity contribution in [3.05, 3.63) is 70.1 Å². The van der Waals surface area contributed by atoms with Gasteiger partial charge < -0.3 is 29.2 Å². The summed E-state index contributed by atoms with van der Waals surface area (Å²) in [4.78, 5) is 15.9. The van der Waals surface area contributed by atoms with E-state index in [0.717, 1.165) is 42.4 Å². The molecule has 2 aliphatic heterocycles. The maximum absolute atomic E-state index is 13.4. The molecular weight excluding hydrogens is 522 g/mol. The molecule has 0 saturated carbocycles. The van der Waals surface area contributed by atoms with E-state index >= 15 is 0 Å². The van der Waals surface area contributed by atoms with Crippen molar-refractivity contribution in [2.75, 3.05) is 20.2 Å². The number of benzene rings is 3. The van der Waals surface area contributed by atoms with Gasteiger partial charge in [-0.3, -0.25) is 4.90 Å². The average molecular weight is 560 g/mol. The number of piperidine rings is 1. The van der Waals surface area contributed by atoms with Crippen LogP contribution in [0.4, 0.5) is 0 Å². The number of fused-ring (bicyclic) bond motifs is 5. The summed E-state index contributed by atoms with van der Waals surface area (Å²) in [6.45, 7) is 9.65. The summed E-state index contributed by atoms with van der Waals surface area (Å²) in [7, 11) is 1.55. The Hall–Kier alpha value is -3.27. The van der Waals surface area contributed by atoms with Crippen LogP contribution in [0, 0.1) is 0 Å². The molecule has 1 aromatic heterocycles. The molecule has 2 fully saturated rings. The molecule has 1 unspecified atom stereocenters. The van der Waals surface area contributed by atoms with E-state index in [9.17, 15) is 20.1 Å². The number of rotatable bonds is 5. The third-order valence-corrected chi connectivity index (χ3v) is 8.99. The van der Waals surface area contributed by atoms with E-state index in [0.29, 0.717) is 38.4 Å². The highest BCUT2D eigenvalue weighted by Gasteiger charge is 2.43. The van der Waals surface area contributed by atoms with Crippen molar-refractivity contribution >= 4 is 38.6 Å². The second-order valence-corrected chi connectivity index (χ2v) is 11.4. The minimum absolute atomic E-state index is 0.0423. The SMILES string of the molecule is C=Cc1cc(OC)c2c(c1)c(=O)oc1c3cccc(C(C)N4CCCCC4)c3c([C@@H]3O[C@@H](C)[C@H](O)[C@@H](O)[C@H]3O)cc12. The predicted molar refractivity (Wildman–Crippen MR) is 159 cm³/mol. The van der Waals surface area contributed by atoms with E-state index < -0.39 is 36.1 Å². The second kappa shape index (κ2) is 10.9. The molecule has 8 heteroatoms. The van der Waals surface area contributed by atoms with E-state index in [1.165, 1.54) is 6.42 Å². The molecule has 6 rings (SSSR count). The Kier molecular flexibility index (Phi) is 7.38. The van der Waals surface area contributed by atoms with Crippen LogP contribution in [0.1, 0.15) is 61.9 Å². The van der Waals surface area contributed by atoms with Crippen molar-refractivity contribution in [1.82, 2.24) is 4.90 Å². The van der Waals surface area contributed by atoms with Gasteiger partial charge in [0, 0.05) is 22.2 Å². The predicted octanol–water partition coefficient (Wildman–Crippen LogP) is 4.84. The average Bonchev–Trinajstić information content (AvgIpc) is 3.01. The Morgan fingerprint density at radius 3 is 2.46 bits per heavy atom. The quantitative estimate of drug-likeness (QED) is 0.235. The highest BCUT2D eigenvalue weighted by molar-refractivity contribution is 6.17. The van der Waals surface area contributed by atoms with Crippen molar-refractivity contribution in [1.29, 1.82) is 0 Å². The first-order valence-electron chi connectivity index (χ1n) is 14.3. The fourth-order valence-corrected chi connectivity index (χ4v) is 6.70. The lowest BCUT2D eigenvalue weighted by Gasteiger charge is -2.40. The largest absolute Gasteiger partial charge is 0.496 e. The van der Waals surface area contributed by atoms with Gasteiger partial charge in [0.2, 0.25) is 0 Å². The second-order valence-electron chi connectivity index (χ2n) is 11.4. The molecule has 3 heterocycles. The molecule has 0 bridgehead atoms. The molecule has 3 aromatic carbocycles. The molecule has 216 valence electrons. The van der Waals surface area contributed by atoms with E-state index in [2.05, 4.69) is 24.5 Å². The highest BCUT2D eigenvalue weighted by atomic mass is 16.5. The summed E-state index contributed by atoms with van der Waals surface area (Å²) in [6.07, 6.45) is -0.538. The molecule has 0 amide bonds. The zero-order valence-electron chi connectivity index (χ0n) is 23.7. The monoisotopic (exact) mass is 559 g/mol. The van der Waals surface area contributed by atoms with Crippen LogP contribution in [0.3, 0.4) is 0 Å². The number of hydrogen-bond donors (Lipinski definition) is 3. The standard InChI is InChI=1S/C33H37NO7/c1-5-19-14-24-27(25(15-19)39-4)23-16-22(32-30(37)29(36)28(35)18(3)40-32)26-20(17(2)34-12-7-6-8-13-34)10-9-11-21(26)31(23)41-33(24)38/h5,9-11,14-18,28-30,32,35-37H,1,6-8,12-13H2,2-4H3/t17?,18-,28-,29+,30+,32-/m0/s1. The zero-order valence-corrected chi connectivity index (χ0v) is 23.7. The van der Waals surface area contributed by atoms with Gasteiger partial charge in [0.1, 0.15) is 35.7 Å². The van der Waals surface area contributed by atoms with Gasteiger partial charge in [-0.15, -0.1) is 0 Å². The molecule has 0 aliphatic carbocycles. The van der Waals surface area contributed by atoms with Crippen LogP contribution >= 0.6 is 0 Å². The normalized spacial score (nSPS) is 26.4. The van der Waals surface area contributed by atoms with Gasteiger partial charge in [0.25, 0.3) is 0 Å². The molecule has 6 atom stereocenters. The maximum Gasteiger partial charge on any atom is 0.344 e. The van der Waals surface area contributed by atoms with E-state index in [1.54, 1.807) is 26.2 Å². The fraction of sp³-hybridized carbons (Fsp3) is 0.424. The first kappa shape index (κ1) is 27.9. The zero-order chi connectivity index (χ0) is 29.0. The molecule has 3 N–H and O–H groups in total. The molecule has 8 nitrogen and oxygen atoms in total. The molecule has 41 heavy (non-hydrogen) atoms. The summed E-state index contributed by atoms with van der Waals surface area (Å²) >= 11 is 0. The number of ether oxygens (including phenoxy) is 2. The smallest absolute Gasteiger partial charge is 0.344 e. The lowest BCUT2D eigenvalue weighted by atomic mass is 9.85. The fourth-order valence-electron chi connectivity index (χ4n) is 6.70. The van der Waals surface area contributed by atoms with Gasteiger partial charge >= 0.3 is 5.63 Å². The first-order chi connectivity index (χ1) is 19.7. The highest BCUT2D eigenvalue weighted by Crippen LogP contribution is 2.44. The number of nitrogens with zero attached hydrogens (tertiary/aromatic N) is 1. The van der Waals surface area contributed by atoms with Crippen LogP contribution < -0.4 is 10.4 Å². The summed E-state index contributed by atoms with van der Waals surface area (Å²) < 4.78 is 18.0. The van der Waals surface area contributed by atoms with Gasteiger partial charge in [-0.2, -0.15) is 0 Å². The van der Waals surface area contributed by atoms with Crippen molar-refractivity contribution in [3.63, 3.8) is 0 Å². The number of likely N-dealkylation sites (tertiary alicyclic amines) is 1. The van der Waals surface area contributed by atoms with Crippen LogP contribution in [0.5, 0.6) is 5.75 Å². The Labute approximate surface area is 238 Å². The molecule has 0 radical (unpaired) electrons. The molecule has 4 aromatic rings. The van der Waals surface area contributed by atoms with Crippen LogP contribution in [0.15, 0.2) is 52.2 Å². The Bertz CT molecular complexity index is 1690. The minimum atomic E-state index is -1.39. The third kappa shape index (κ3) is 4.54. The minimum Gasteiger partial charge on any atom is -0.496 e. The summed E-state index contributed by atoms with van der Waals surface area (Å²) in [5, 5.41) is 35.6. The van der Waals surface area contributed by atoms with Crippen molar-refractivity contribution < 1.29 is 29.2 Å². The maximum atomic E-state index is 13.4. The topological polar surface area (TPSA) is 113 Å². The van der Waals surface area contributed by atoms with Gasteiger partial charge in [-0.25, -0.2) is 4.79 Å². The summed E-state index contributed by atoms with van der Waals surface area (Å²) in [5.74, 6) is 0.493. The van der Waals surface area contributed by atoms with Crippen LogP contribution in [0.25, 0.3) is 38.6 Å². The van der Waals surface area contributed by atoms with Crippen molar-refractivity contribution in [2.45, 2.75) is 69.7 Å². The van der Waals surface area contributed by atoms with Gasteiger partial charge in [0.05, 0.1) is 18.6 Å². The number of aliphatic hydroxyl groups is 3. The van der Waals surface area contributed by atoms with E-state index in [4.69, 9.17) is 13.9 Å². The number of aliphatic hydroxyl groups excluding tert-OH is 3. The molecule has 2 saturated heterocycles. The Morgan fingerprint density at radius 1 is 1.00 bits per heavy atom. The lowest BCUT2D eigenvalue weighted by molar-refractivity contribution is -0.219. The molecule has 2 aliphatic rings. The van der Waals surface area contributed by atoms with Gasteiger partial charge in [-0.1, -0.05) is 37.3 Å². The Balaban J connectivity index is 1.72.